The summed E-state index contributed by atoms with van der Waals surface area (Å²) in [7, 11) is 0. The lowest BCUT2D eigenvalue weighted by molar-refractivity contribution is -0.205. The summed E-state index contributed by atoms with van der Waals surface area (Å²) in [6.07, 6.45) is 4.40. The van der Waals surface area contributed by atoms with E-state index in [2.05, 4.69) is 15.2 Å². The van der Waals surface area contributed by atoms with E-state index in [1.807, 2.05) is 12.1 Å². The summed E-state index contributed by atoms with van der Waals surface area (Å²) in [5.41, 5.74) is 1.10. The number of ether oxygens (including phenoxy) is 1. The zero-order chi connectivity index (χ0) is 17.5. The van der Waals surface area contributed by atoms with Crippen LogP contribution in [0.25, 0.3) is 0 Å². The van der Waals surface area contributed by atoms with Crippen LogP contribution in [0.3, 0.4) is 0 Å². The summed E-state index contributed by atoms with van der Waals surface area (Å²) in [6.45, 7) is 4.29. The van der Waals surface area contributed by atoms with Crippen LogP contribution in [-0.4, -0.2) is 73.8 Å². The van der Waals surface area contributed by atoms with Gasteiger partial charge in [0.1, 0.15) is 0 Å². The van der Waals surface area contributed by atoms with Crippen molar-refractivity contribution in [2.45, 2.75) is 25.0 Å². The molecule has 0 aliphatic carbocycles. The Morgan fingerprint density at radius 2 is 1.88 bits per heavy atom. The van der Waals surface area contributed by atoms with Crippen molar-refractivity contribution in [1.82, 2.24) is 15.4 Å². The first-order valence-electron chi connectivity index (χ1n) is 8.69. The quantitative estimate of drug-likeness (QED) is 0.568. The van der Waals surface area contributed by atoms with Crippen molar-refractivity contribution in [2.75, 3.05) is 44.2 Å². The zero-order valence-electron chi connectivity index (χ0n) is 14.2. The molecule has 0 spiro atoms. The lowest BCUT2D eigenvalue weighted by Gasteiger charge is -2.35. The van der Waals surface area contributed by atoms with Crippen molar-refractivity contribution in [3.05, 3.63) is 24.5 Å². The summed E-state index contributed by atoms with van der Waals surface area (Å²) in [5.74, 6) is -0.633. The van der Waals surface area contributed by atoms with Gasteiger partial charge in [0.05, 0.1) is 19.2 Å². The lowest BCUT2D eigenvalue weighted by Crippen LogP contribution is -2.48. The molecule has 2 aliphatic rings. The number of carbonyl (C=O) groups excluding carboxylic acids is 2. The maximum atomic E-state index is 12.2. The highest BCUT2D eigenvalue weighted by Crippen LogP contribution is 2.16. The number of hydrogen-bond donors (Lipinski definition) is 1. The zero-order valence-corrected chi connectivity index (χ0v) is 14.2. The molecule has 1 atom stereocenters. The predicted octanol–water partition coefficient (Wildman–Crippen LogP) is -0.00210. The highest BCUT2D eigenvalue weighted by Gasteiger charge is 2.29. The van der Waals surface area contributed by atoms with Crippen molar-refractivity contribution in [3.8, 4) is 0 Å². The number of hydroxylamine groups is 2. The van der Waals surface area contributed by atoms with Crippen LogP contribution in [0.4, 0.5) is 5.69 Å². The van der Waals surface area contributed by atoms with E-state index in [1.54, 1.807) is 17.5 Å². The van der Waals surface area contributed by atoms with Crippen LogP contribution >= 0.6 is 0 Å². The van der Waals surface area contributed by atoms with Gasteiger partial charge in [0.25, 0.3) is 0 Å². The topological polar surface area (TPSA) is 84.0 Å². The molecule has 0 amide bonds. The highest BCUT2D eigenvalue weighted by molar-refractivity contribution is 5.90. The molecule has 2 saturated heterocycles. The maximum Gasteiger partial charge on any atom is 0.361 e. The Hall–Kier alpha value is -2.03. The van der Waals surface area contributed by atoms with Gasteiger partial charge in [-0.15, -0.1) is 5.06 Å². The number of anilines is 1. The normalized spacial score (nSPS) is 20.9. The van der Waals surface area contributed by atoms with E-state index >= 15 is 0 Å². The van der Waals surface area contributed by atoms with Gasteiger partial charge in [-0.25, -0.2) is 4.79 Å². The molecule has 8 heteroatoms. The van der Waals surface area contributed by atoms with Crippen LogP contribution in [0.1, 0.15) is 12.8 Å². The first-order chi connectivity index (χ1) is 12.3. The molecule has 8 nitrogen and oxygen atoms in total. The first-order valence-corrected chi connectivity index (χ1v) is 8.69. The second kappa shape index (κ2) is 8.89. The monoisotopic (exact) mass is 348 g/mol. The van der Waals surface area contributed by atoms with Crippen molar-refractivity contribution in [1.29, 1.82) is 0 Å². The van der Waals surface area contributed by atoms with Gasteiger partial charge in [-0.3, -0.25) is 9.78 Å². The average molecular weight is 348 g/mol. The molecule has 3 rings (SSSR count). The minimum atomic E-state index is -1.15. The van der Waals surface area contributed by atoms with Gasteiger partial charge in [-0.1, -0.05) is 0 Å². The highest BCUT2D eigenvalue weighted by atomic mass is 16.7. The summed E-state index contributed by atoms with van der Waals surface area (Å²) in [6, 6.07) is 3.91. The number of hydrogen-bond acceptors (Lipinski definition) is 8. The van der Waals surface area contributed by atoms with Gasteiger partial charge < -0.3 is 19.8 Å². The molecule has 3 heterocycles. The molecular weight excluding hydrogens is 324 g/mol. The van der Waals surface area contributed by atoms with E-state index in [9.17, 15) is 9.59 Å². The SMILES string of the molecule is O=CC(OC1CCNCC1)C(=O)ON1CCN(c2ccncc2)CC1. The summed E-state index contributed by atoms with van der Waals surface area (Å²) in [4.78, 5) is 35.0. The number of pyridine rings is 1. The molecule has 1 N–H and O–H groups in total. The lowest BCUT2D eigenvalue weighted by atomic mass is 10.1. The number of nitrogens with one attached hydrogen (secondary N) is 1. The van der Waals surface area contributed by atoms with E-state index < -0.39 is 12.1 Å². The van der Waals surface area contributed by atoms with Crippen molar-refractivity contribution < 1.29 is 19.2 Å². The summed E-state index contributed by atoms with van der Waals surface area (Å²) >= 11 is 0. The average Bonchev–Trinajstić information content (AvgIpc) is 2.68. The van der Waals surface area contributed by atoms with E-state index in [0.29, 0.717) is 19.4 Å². The second-order valence-corrected chi connectivity index (χ2v) is 6.17. The molecule has 1 unspecified atom stereocenters. The minimum Gasteiger partial charge on any atom is -0.369 e. The van der Waals surface area contributed by atoms with E-state index in [-0.39, 0.29) is 6.10 Å². The third kappa shape index (κ3) is 4.97. The summed E-state index contributed by atoms with van der Waals surface area (Å²) in [5, 5.41) is 4.82. The van der Waals surface area contributed by atoms with Gasteiger partial charge in [0, 0.05) is 31.2 Å². The number of rotatable bonds is 6. The minimum absolute atomic E-state index is 0.0764. The van der Waals surface area contributed by atoms with Gasteiger partial charge in [-0.2, -0.15) is 0 Å². The van der Waals surface area contributed by atoms with Crippen molar-refractivity contribution in [2.24, 2.45) is 0 Å². The molecule has 136 valence electrons. The Bertz CT molecular complexity index is 557. The van der Waals surface area contributed by atoms with Crippen LogP contribution in [0.5, 0.6) is 0 Å². The number of piperazine rings is 1. The summed E-state index contributed by atoms with van der Waals surface area (Å²) < 4.78 is 5.61. The number of aromatic nitrogens is 1. The molecular formula is C17H24N4O4. The molecule has 0 bridgehead atoms. The largest absolute Gasteiger partial charge is 0.369 e. The third-order valence-electron chi connectivity index (χ3n) is 4.47. The Morgan fingerprint density at radius 3 is 2.52 bits per heavy atom. The van der Waals surface area contributed by atoms with Crippen LogP contribution in [0.15, 0.2) is 24.5 Å². The predicted molar refractivity (Wildman–Crippen MR) is 90.9 cm³/mol. The molecule has 2 aliphatic heterocycles. The molecule has 0 aromatic carbocycles. The van der Waals surface area contributed by atoms with E-state index in [1.165, 1.54) is 0 Å². The third-order valence-corrected chi connectivity index (χ3v) is 4.47. The van der Waals surface area contributed by atoms with Crippen LogP contribution in [0, 0.1) is 0 Å². The van der Waals surface area contributed by atoms with Gasteiger partial charge >= 0.3 is 5.97 Å². The van der Waals surface area contributed by atoms with Gasteiger partial charge in [0.2, 0.25) is 6.10 Å². The fourth-order valence-corrected chi connectivity index (χ4v) is 3.05. The number of piperidine rings is 1. The molecule has 0 radical (unpaired) electrons. The second-order valence-electron chi connectivity index (χ2n) is 6.17. The fourth-order valence-electron chi connectivity index (χ4n) is 3.05. The van der Waals surface area contributed by atoms with Crippen LogP contribution in [-0.2, 0) is 19.2 Å². The van der Waals surface area contributed by atoms with Gasteiger partial charge in [0.15, 0.2) is 6.29 Å². The smallest absolute Gasteiger partial charge is 0.361 e. The van der Waals surface area contributed by atoms with Crippen molar-refractivity contribution >= 4 is 17.9 Å². The molecule has 0 saturated carbocycles. The fraction of sp³-hybridized carbons (Fsp3) is 0.588. The molecule has 1 aromatic rings. The molecule has 25 heavy (non-hydrogen) atoms. The standard InChI is InChI=1S/C17H24N4O4/c22-13-16(24-15-3-7-19-8-4-15)17(23)25-21-11-9-20(10-12-21)14-1-5-18-6-2-14/h1-2,5-6,13,15-16,19H,3-4,7-12H2. The van der Waals surface area contributed by atoms with Crippen LogP contribution in [0.2, 0.25) is 0 Å². The Labute approximate surface area is 147 Å². The maximum absolute atomic E-state index is 12.2. The van der Waals surface area contributed by atoms with Gasteiger partial charge in [-0.05, 0) is 38.1 Å². The Kier molecular flexibility index (Phi) is 6.32. The van der Waals surface area contributed by atoms with Crippen LogP contribution < -0.4 is 10.2 Å². The number of carbonyl (C=O) groups is 2. The number of aldehydes is 1. The van der Waals surface area contributed by atoms with E-state index in [4.69, 9.17) is 9.57 Å². The first kappa shape index (κ1) is 17.8. The van der Waals surface area contributed by atoms with Crippen molar-refractivity contribution in [3.63, 3.8) is 0 Å². The Morgan fingerprint density at radius 1 is 1.20 bits per heavy atom. The van der Waals surface area contributed by atoms with E-state index in [0.717, 1.165) is 44.7 Å². The Balaban J connectivity index is 1.45. The molecule has 1 aromatic heterocycles. The number of nitrogens with zero attached hydrogens (tertiary/aromatic N) is 3. The molecule has 2 fully saturated rings.